The predicted molar refractivity (Wildman–Crippen MR) is 171 cm³/mol. The first-order valence-corrected chi connectivity index (χ1v) is 16.9. The first kappa shape index (κ1) is 32.2. The zero-order valence-corrected chi connectivity index (χ0v) is 25.9. The van der Waals surface area contributed by atoms with Gasteiger partial charge in [0.25, 0.3) is 0 Å². The largest absolute Gasteiger partial charge is 0.293 e. The van der Waals surface area contributed by atoms with Crippen molar-refractivity contribution >= 4 is 31.2 Å². The standard InChI is InChI=1S/C36H30O6S2/c1-27-19-23-31(24-20-27)43(39,40)33(35(37)29-13-7-5-8-14-29)17-11-3-4-12-18-34(36(38)30-15-9-6-10-16-30)44(41,42)32-25-21-28(2)22-26-32/h5-10,13-16,19-26,33-34H,17-18H2,1-2H3/t33-,34-/m0/s1. The highest BCUT2D eigenvalue weighted by Gasteiger charge is 2.35. The van der Waals surface area contributed by atoms with E-state index in [9.17, 15) is 26.4 Å². The van der Waals surface area contributed by atoms with Crippen LogP contribution >= 0.6 is 0 Å². The summed E-state index contributed by atoms with van der Waals surface area (Å²) in [7, 11) is -8.18. The number of aryl methyl sites for hydroxylation is 2. The van der Waals surface area contributed by atoms with E-state index in [0.717, 1.165) is 11.1 Å². The summed E-state index contributed by atoms with van der Waals surface area (Å²) in [5.74, 6) is 9.28. The van der Waals surface area contributed by atoms with Crippen molar-refractivity contribution in [3.8, 4) is 23.7 Å². The lowest BCUT2D eigenvalue weighted by Crippen LogP contribution is -2.30. The van der Waals surface area contributed by atoms with E-state index in [1.54, 1.807) is 84.9 Å². The van der Waals surface area contributed by atoms with Crippen LogP contribution in [-0.4, -0.2) is 38.9 Å². The second kappa shape index (κ2) is 14.1. The zero-order valence-electron chi connectivity index (χ0n) is 24.2. The van der Waals surface area contributed by atoms with Crippen molar-refractivity contribution in [2.24, 2.45) is 0 Å². The van der Waals surface area contributed by atoms with E-state index in [2.05, 4.69) is 23.7 Å². The summed E-state index contributed by atoms with van der Waals surface area (Å²) in [5.41, 5.74) is 2.23. The first-order valence-electron chi connectivity index (χ1n) is 13.8. The molecule has 4 rings (SSSR count). The van der Waals surface area contributed by atoms with E-state index in [1.807, 2.05) is 13.8 Å². The highest BCUT2D eigenvalue weighted by Crippen LogP contribution is 2.24. The Labute approximate surface area is 259 Å². The van der Waals surface area contributed by atoms with Crippen molar-refractivity contribution in [1.29, 1.82) is 0 Å². The molecule has 0 aliphatic rings. The minimum Gasteiger partial charge on any atom is -0.293 e. The number of rotatable bonds is 10. The number of hydrogen-bond acceptors (Lipinski definition) is 6. The third-order valence-corrected chi connectivity index (χ3v) is 11.1. The van der Waals surface area contributed by atoms with Crippen LogP contribution in [0.2, 0.25) is 0 Å². The Kier molecular flexibility index (Phi) is 10.3. The Hall–Kier alpha value is -4.76. The van der Waals surface area contributed by atoms with Crippen molar-refractivity contribution in [2.75, 3.05) is 0 Å². The van der Waals surface area contributed by atoms with E-state index >= 15 is 0 Å². The summed E-state index contributed by atoms with van der Waals surface area (Å²) >= 11 is 0. The van der Waals surface area contributed by atoms with Gasteiger partial charge in [0.15, 0.2) is 31.2 Å². The maximum Gasteiger partial charge on any atom is 0.189 e. The molecule has 2 atom stereocenters. The van der Waals surface area contributed by atoms with E-state index in [1.165, 1.54) is 24.3 Å². The third-order valence-electron chi connectivity index (χ3n) is 6.96. The summed E-state index contributed by atoms with van der Waals surface area (Å²) in [6.45, 7) is 3.66. The van der Waals surface area contributed by atoms with Gasteiger partial charge in [-0.25, -0.2) is 16.8 Å². The molecular formula is C36H30O6S2. The number of sulfone groups is 2. The molecule has 6 nitrogen and oxygen atoms in total. The molecule has 0 amide bonds. The molecule has 0 aliphatic heterocycles. The van der Waals surface area contributed by atoms with Gasteiger partial charge in [-0.2, -0.15) is 0 Å². The Morgan fingerprint density at radius 3 is 1.16 bits per heavy atom. The lowest BCUT2D eigenvalue weighted by molar-refractivity contribution is 0.0979. The van der Waals surface area contributed by atoms with E-state index < -0.39 is 41.7 Å². The molecule has 0 aromatic heterocycles. The van der Waals surface area contributed by atoms with Gasteiger partial charge >= 0.3 is 0 Å². The average Bonchev–Trinajstić information content (AvgIpc) is 3.03. The second-order valence-electron chi connectivity index (χ2n) is 10.2. The molecule has 4 aromatic rings. The van der Waals surface area contributed by atoms with Crippen LogP contribution in [0, 0.1) is 37.5 Å². The van der Waals surface area contributed by atoms with E-state index in [0.29, 0.717) is 0 Å². The maximum absolute atomic E-state index is 13.5. The minimum absolute atomic E-state index is 0.00819. The van der Waals surface area contributed by atoms with Gasteiger partial charge in [-0.1, -0.05) is 108 Å². The van der Waals surface area contributed by atoms with Crippen LogP contribution in [0.1, 0.15) is 44.7 Å². The second-order valence-corrected chi connectivity index (χ2v) is 14.4. The van der Waals surface area contributed by atoms with Crippen molar-refractivity contribution in [2.45, 2.75) is 47.0 Å². The summed E-state index contributed by atoms with van der Waals surface area (Å²) in [6, 6.07) is 28.7. The van der Waals surface area contributed by atoms with Crippen LogP contribution in [0.15, 0.2) is 119 Å². The predicted octanol–water partition coefficient (Wildman–Crippen LogP) is 5.84. The van der Waals surface area contributed by atoms with Crippen LogP contribution < -0.4 is 0 Å². The van der Waals surface area contributed by atoms with E-state index in [4.69, 9.17) is 0 Å². The first-order chi connectivity index (χ1) is 21.0. The van der Waals surface area contributed by atoms with Crippen molar-refractivity contribution < 1.29 is 26.4 Å². The van der Waals surface area contributed by atoms with Gasteiger partial charge in [0, 0.05) is 24.0 Å². The normalized spacial score (nSPS) is 12.5. The highest BCUT2D eigenvalue weighted by atomic mass is 32.2. The van der Waals surface area contributed by atoms with Gasteiger partial charge in [-0.15, -0.1) is 0 Å². The molecule has 0 heterocycles. The van der Waals surface area contributed by atoms with Crippen molar-refractivity contribution in [3.05, 3.63) is 131 Å². The molecule has 0 unspecified atom stereocenters. The molecule has 0 saturated carbocycles. The fraction of sp³-hybridized carbons (Fsp3) is 0.167. The van der Waals surface area contributed by atoms with Crippen LogP contribution in [0.4, 0.5) is 0 Å². The molecule has 8 heteroatoms. The number of benzene rings is 4. The summed E-state index contributed by atoms with van der Waals surface area (Å²) in [4.78, 5) is 26.7. The Morgan fingerprint density at radius 2 is 0.841 bits per heavy atom. The van der Waals surface area contributed by atoms with Gasteiger partial charge in [-0.3, -0.25) is 9.59 Å². The Morgan fingerprint density at radius 1 is 0.523 bits per heavy atom. The van der Waals surface area contributed by atoms with Crippen LogP contribution in [-0.2, 0) is 19.7 Å². The van der Waals surface area contributed by atoms with Gasteiger partial charge in [0.05, 0.1) is 9.79 Å². The Bertz CT molecular complexity index is 1830. The van der Waals surface area contributed by atoms with Crippen LogP contribution in [0.5, 0.6) is 0 Å². The number of Topliss-reactive ketones (excluding diaryl/α,β-unsaturated/α-hetero) is 2. The number of ketones is 2. The van der Waals surface area contributed by atoms with Crippen molar-refractivity contribution in [3.63, 3.8) is 0 Å². The third kappa shape index (κ3) is 7.60. The van der Waals surface area contributed by atoms with Gasteiger partial charge in [-0.05, 0) is 50.0 Å². The fourth-order valence-electron chi connectivity index (χ4n) is 4.42. The number of carbonyl (C=O) groups excluding carboxylic acids is 2. The molecule has 0 spiro atoms. The number of carbonyl (C=O) groups is 2. The average molecular weight is 623 g/mol. The maximum atomic E-state index is 13.5. The molecule has 4 aromatic carbocycles. The van der Waals surface area contributed by atoms with Crippen molar-refractivity contribution in [1.82, 2.24) is 0 Å². The quantitative estimate of drug-likeness (QED) is 0.163. The molecule has 0 saturated heterocycles. The molecule has 0 fully saturated rings. The topological polar surface area (TPSA) is 102 Å². The fourth-order valence-corrected chi connectivity index (χ4v) is 7.55. The smallest absolute Gasteiger partial charge is 0.189 e. The van der Waals surface area contributed by atoms with Gasteiger partial charge in [0.1, 0.15) is 10.5 Å². The summed E-state index contributed by atoms with van der Waals surface area (Å²) in [5, 5.41) is -2.95. The SMILES string of the molecule is Cc1ccc(S(=O)(=O)[C@@H](CC#CC#CC[C@@H](C(=O)c2ccccc2)S(=O)(=O)c2ccc(C)cc2)C(=O)c2ccccc2)cc1. The molecule has 222 valence electrons. The molecule has 0 radical (unpaired) electrons. The molecule has 0 bridgehead atoms. The molecule has 0 aliphatic carbocycles. The molecular weight excluding hydrogens is 593 g/mol. The molecule has 0 N–H and O–H groups in total. The van der Waals surface area contributed by atoms with Gasteiger partial charge in [0.2, 0.25) is 0 Å². The molecule has 44 heavy (non-hydrogen) atoms. The van der Waals surface area contributed by atoms with Crippen LogP contribution in [0.25, 0.3) is 0 Å². The van der Waals surface area contributed by atoms with Gasteiger partial charge < -0.3 is 0 Å². The Balaban J connectivity index is 1.61. The van der Waals surface area contributed by atoms with E-state index in [-0.39, 0.29) is 33.8 Å². The lowest BCUT2D eigenvalue weighted by Gasteiger charge is -2.15. The lowest BCUT2D eigenvalue weighted by atomic mass is 10.1. The summed E-state index contributed by atoms with van der Waals surface area (Å²) in [6.07, 6.45) is -0.653. The highest BCUT2D eigenvalue weighted by molar-refractivity contribution is 7.93. The summed E-state index contributed by atoms with van der Waals surface area (Å²) < 4.78 is 54.1. The number of hydrogen-bond donors (Lipinski definition) is 0. The minimum atomic E-state index is -4.09. The zero-order chi connectivity index (χ0) is 31.7. The monoisotopic (exact) mass is 622 g/mol. The van der Waals surface area contributed by atoms with Crippen LogP contribution in [0.3, 0.4) is 0 Å².